The van der Waals surface area contributed by atoms with Gasteiger partial charge in [-0.1, -0.05) is 12.1 Å². The van der Waals surface area contributed by atoms with Crippen LogP contribution in [0.5, 0.6) is 17.2 Å². The van der Waals surface area contributed by atoms with E-state index in [9.17, 15) is 9.59 Å². The highest BCUT2D eigenvalue weighted by Crippen LogP contribution is 2.17. The van der Waals surface area contributed by atoms with Gasteiger partial charge in [0.2, 0.25) is 0 Å². The topological polar surface area (TPSA) is 94.1 Å². The van der Waals surface area contributed by atoms with Gasteiger partial charge >= 0.3 is 5.97 Å². The predicted octanol–water partition coefficient (Wildman–Crippen LogP) is 2.24. The van der Waals surface area contributed by atoms with E-state index in [1.54, 1.807) is 48.5 Å². The molecule has 26 heavy (non-hydrogen) atoms. The molecule has 7 heteroatoms. The first-order chi connectivity index (χ1) is 12.6. The van der Waals surface area contributed by atoms with Gasteiger partial charge in [0.15, 0.2) is 13.2 Å². The van der Waals surface area contributed by atoms with Gasteiger partial charge in [-0.2, -0.15) is 0 Å². The average molecular weight is 359 g/mol. The van der Waals surface area contributed by atoms with Crippen molar-refractivity contribution in [2.75, 3.05) is 19.8 Å². The molecule has 0 heterocycles. The number of aliphatic carboxylic acids is 1. The zero-order chi connectivity index (χ0) is 18.8. The molecule has 0 aliphatic heterocycles. The molecule has 0 aliphatic carbocycles. The minimum atomic E-state index is -1.05. The highest BCUT2D eigenvalue weighted by molar-refractivity contribution is 5.77. The van der Waals surface area contributed by atoms with Crippen LogP contribution in [0.4, 0.5) is 0 Å². The second-order valence-corrected chi connectivity index (χ2v) is 5.30. The molecular weight excluding hydrogens is 338 g/mol. The molecule has 0 aliphatic rings. The van der Waals surface area contributed by atoms with Crippen LogP contribution in [0.2, 0.25) is 0 Å². The number of benzene rings is 2. The number of carbonyl (C=O) groups excluding carboxylic acids is 1. The van der Waals surface area contributed by atoms with E-state index in [0.29, 0.717) is 18.1 Å². The van der Waals surface area contributed by atoms with Gasteiger partial charge in [-0.05, 0) is 48.9 Å². The number of carbonyl (C=O) groups is 2. The van der Waals surface area contributed by atoms with Crippen molar-refractivity contribution in [2.24, 2.45) is 0 Å². The maximum atomic E-state index is 11.9. The molecule has 0 bridgehead atoms. The normalized spacial score (nSPS) is 10.0. The summed E-state index contributed by atoms with van der Waals surface area (Å²) in [6, 6.07) is 13.9. The lowest BCUT2D eigenvalue weighted by Crippen LogP contribution is -2.28. The molecule has 0 saturated heterocycles. The molecule has 0 radical (unpaired) electrons. The quantitative estimate of drug-likeness (QED) is 0.676. The smallest absolute Gasteiger partial charge is 0.341 e. The molecule has 0 fully saturated rings. The lowest BCUT2D eigenvalue weighted by atomic mass is 10.2. The fraction of sp³-hybridized carbons (Fsp3) is 0.263. The van der Waals surface area contributed by atoms with E-state index < -0.39 is 12.6 Å². The second-order valence-electron chi connectivity index (χ2n) is 5.30. The molecular formula is C19H21NO6. The molecule has 0 saturated carbocycles. The van der Waals surface area contributed by atoms with E-state index in [1.165, 1.54) is 0 Å². The Balaban J connectivity index is 1.76. The van der Waals surface area contributed by atoms with Crippen LogP contribution in [0.25, 0.3) is 0 Å². The minimum absolute atomic E-state index is 0.108. The Labute approximate surface area is 151 Å². The lowest BCUT2D eigenvalue weighted by Gasteiger charge is -2.09. The SMILES string of the molecule is CCOc1ccc(OCC(=O)NCc2cccc(OCC(=O)O)c2)cc1. The van der Waals surface area contributed by atoms with Gasteiger partial charge in [0.05, 0.1) is 6.61 Å². The molecule has 0 aromatic heterocycles. The van der Waals surface area contributed by atoms with Gasteiger partial charge in [-0.15, -0.1) is 0 Å². The number of hydrogen-bond acceptors (Lipinski definition) is 5. The Kier molecular flexibility index (Phi) is 7.30. The zero-order valence-corrected chi connectivity index (χ0v) is 14.4. The third-order valence-electron chi connectivity index (χ3n) is 3.26. The van der Waals surface area contributed by atoms with Crippen molar-refractivity contribution in [3.8, 4) is 17.2 Å². The third-order valence-corrected chi connectivity index (χ3v) is 3.26. The maximum absolute atomic E-state index is 11.9. The van der Waals surface area contributed by atoms with Crippen molar-refractivity contribution in [2.45, 2.75) is 13.5 Å². The van der Waals surface area contributed by atoms with Gasteiger partial charge in [0.25, 0.3) is 5.91 Å². The van der Waals surface area contributed by atoms with Crippen LogP contribution >= 0.6 is 0 Å². The van der Waals surface area contributed by atoms with Crippen LogP contribution in [-0.4, -0.2) is 36.8 Å². The molecule has 0 unspecified atom stereocenters. The fourth-order valence-electron chi connectivity index (χ4n) is 2.09. The van der Waals surface area contributed by atoms with Crippen LogP contribution in [-0.2, 0) is 16.1 Å². The van der Waals surface area contributed by atoms with Crippen molar-refractivity contribution in [1.82, 2.24) is 5.32 Å². The molecule has 1 amide bonds. The van der Waals surface area contributed by atoms with E-state index >= 15 is 0 Å². The van der Waals surface area contributed by atoms with Crippen molar-refractivity contribution in [1.29, 1.82) is 0 Å². The Morgan fingerprint density at radius 1 is 0.923 bits per heavy atom. The fourth-order valence-corrected chi connectivity index (χ4v) is 2.09. The summed E-state index contributed by atoms with van der Waals surface area (Å²) in [6.07, 6.45) is 0. The average Bonchev–Trinajstić information content (AvgIpc) is 2.65. The maximum Gasteiger partial charge on any atom is 0.341 e. The summed E-state index contributed by atoms with van der Waals surface area (Å²) in [7, 11) is 0. The third kappa shape index (κ3) is 6.72. The summed E-state index contributed by atoms with van der Waals surface area (Å²) in [6.45, 7) is 2.26. The van der Waals surface area contributed by atoms with Gasteiger partial charge in [0.1, 0.15) is 17.2 Å². The first-order valence-electron chi connectivity index (χ1n) is 8.12. The number of amides is 1. The standard InChI is InChI=1S/C19H21NO6/c1-2-24-15-6-8-16(9-7-15)25-12-18(21)20-11-14-4-3-5-17(10-14)26-13-19(22)23/h3-10H,2,11-13H2,1H3,(H,20,21)(H,22,23). The van der Waals surface area contributed by atoms with Gasteiger partial charge in [-0.3, -0.25) is 4.79 Å². The van der Waals surface area contributed by atoms with Crippen LogP contribution in [0.3, 0.4) is 0 Å². The Bertz CT molecular complexity index is 729. The molecule has 0 spiro atoms. The number of rotatable bonds is 10. The summed E-state index contributed by atoms with van der Waals surface area (Å²) in [5.74, 6) is 0.442. The molecule has 7 nitrogen and oxygen atoms in total. The van der Waals surface area contributed by atoms with Crippen molar-refractivity contribution in [3.05, 3.63) is 54.1 Å². The van der Waals surface area contributed by atoms with E-state index in [1.807, 2.05) is 6.92 Å². The highest BCUT2D eigenvalue weighted by atomic mass is 16.5. The van der Waals surface area contributed by atoms with Crippen LogP contribution in [0.1, 0.15) is 12.5 Å². The Morgan fingerprint density at radius 3 is 2.23 bits per heavy atom. The van der Waals surface area contributed by atoms with Crippen LogP contribution in [0, 0.1) is 0 Å². The van der Waals surface area contributed by atoms with Crippen molar-refractivity contribution >= 4 is 11.9 Å². The molecule has 2 rings (SSSR count). The van der Waals surface area contributed by atoms with Gasteiger partial charge in [0, 0.05) is 6.54 Å². The highest BCUT2D eigenvalue weighted by Gasteiger charge is 2.05. The van der Waals surface area contributed by atoms with Crippen LogP contribution in [0.15, 0.2) is 48.5 Å². The zero-order valence-electron chi connectivity index (χ0n) is 14.4. The second kappa shape index (κ2) is 9.93. The number of carboxylic acid groups (broad SMARTS) is 1. The van der Waals surface area contributed by atoms with Gasteiger partial charge < -0.3 is 24.6 Å². The Morgan fingerprint density at radius 2 is 1.58 bits per heavy atom. The number of hydrogen-bond donors (Lipinski definition) is 2. The molecule has 2 aromatic carbocycles. The van der Waals surface area contributed by atoms with Crippen molar-refractivity contribution < 1.29 is 28.9 Å². The molecule has 2 N–H and O–H groups in total. The summed E-state index contributed by atoms with van der Waals surface area (Å²) in [5, 5.41) is 11.3. The summed E-state index contributed by atoms with van der Waals surface area (Å²) < 4.78 is 15.9. The number of nitrogens with one attached hydrogen (secondary N) is 1. The number of ether oxygens (including phenoxy) is 3. The monoisotopic (exact) mass is 359 g/mol. The van der Waals surface area contributed by atoms with Crippen LogP contribution < -0.4 is 19.5 Å². The van der Waals surface area contributed by atoms with Crippen molar-refractivity contribution in [3.63, 3.8) is 0 Å². The van der Waals surface area contributed by atoms with E-state index in [2.05, 4.69) is 5.32 Å². The lowest BCUT2D eigenvalue weighted by molar-refractivity contribution is -0.139. The summed E-state index contributed by atoms with van der Waals surface area (Å²) >= 11 is 0. The number of carboxylic acids is 1. The molecule has 0 atom stereocenters. The van der Waals surface area contributed by atoms with E-state index in [-0.39, 0.29) is 19.1 Å². The molecule has 2 aromatic rings. The first-order valence-corrected chi connectivity index (χ1v) is 8.12. The summed E-state index contributed by atoms with van der Waals surface area (Å²) in [4.78, 5) is 22.4. The first kappa shape index (κ1) is 19.1. The van der Waals surface area contributed by atoms with E-state index in [0.717, 1.165) is 11.3 Å². The van der Waals surface area contributed by atoms with E-state index in [4.69, 9.17) is 19.3 Å². The Hall–Kier alpha value is -3.22. The minimum Gasteiger partial charge on any atom is -0.494 e. The summed E-state index contributed by atoms with van der Waals surface area (Å²) in [5.41, 5.74) is 0.794. The largest absolute Gasteiger partial charge is 0.494 e. The predicted molar refractivity (Wildman–Crippen MR) is 94.5 cm³/mol. The van der Waals surface area contributed by atoms with Gasteiger partial charge in [-0.25, -0.2) is 4.79 Å². The molecule has 138 valence electrons.